The van der Waals surface area contributed by atoms with Gasteiger partial charge in [0.1, 0.15) is 0 Å². The molecule has 202 valence electrons. The van der Waals surface area contributed by atoms with Gasteiger partial charge < -0.3 is 9.80 Å². The maximum Gasteiger partial charge on any atom is 0.0468 e. The van der Waals surface area contributed by atoms with E-state index in [9.17, 15) is 0 Å². The van der Waals surface area contributed by atoms with Crippen molar-refractivity contribution in [2.45, 2.75) is 13.8 Å². The minimum absolute atomic E-state index is 1.14. The van der Waals surface area contributed by atoms with Gasteiger partial charge in [-0.05, 0) is 119 Å². The smallest absolute Gasteiger partial charge is 0.0468 e. The van der Waals surface area contributed by atoms with Crippen molar-refractivity contribution in [3.63, 3.8) is 0 Å². The fourth-order valence-electron chi connectivity index (χ4n) is 6.11. The Kier molecular flexibility index (Phi) is 6.65. The Balaban J connectivity index is 1.43. The Labute approximate surface area is 247 Å². The van der Waals surface area contributed by atoms with Crippen LogP contribution in [-0.2, 0) is 0 Å². The third-order valence-electron chi connectivity index (χ3n) is 8.20. The van der Waals surface area contributed by atoms with Gasteiger partial charge in [-0.3, -0.25) is 0 Å². The van der Waals surface area contributed by atoms with Crippen molar-refractivity contribution in [3.8, 4) is 0 Å². The summed E-state index contributed by atoms with van der Waals surface area (Å²) in [6.07, 6.45) is 0. The van der Waals surface area contributed by atoms with Crippen LogP contribution < -0.4 is 9.80 Å². The molecule has 7 rings (SSSR count). The third kappa shape index (κ3) is 4.57. The zero-order chi connectivity index (χ0) is 28.5. The zero-order valence-corrected chi connectivity index (χ0v) is 23.9. The fourth-order valence-corrected chi connectivity index (χ4v) is 6.11. The van der Waals surface area contributed by atoms with Crippen LogP contribution in [0.25, 0.3) is 21.5 Å². The molecular formula is C40H32N2. The van der Waals surface area contributed by atoms with Gasteiger partial charge in [0, 0.05) is 34.1 Å². The highest BCUT2D eigenvalue weighted by Gasteiger charge is 2.17. The SMILES string of the molecule is Cc1c2ccc(N(c3ccccc3)c3ccccc3)cc2c(C)c2cc(N(c3ccccc3)c3ccccc3)ccc12. The third-order valence-corrected chi connectivity index (χ3v) is 8.20. The van der Waals surface area contributed by atoms with Gasteiger partial charge in [0.15, 0.2) is 0 Å². The molecule has 7 aromatic rings. The van der Waals surface area contributed by atoms with Crippen LogP contribution in [0.1, 0.15) is 11.1 Å². The van der Waals surface area contributed by atoms with Crippen molar-refractivity contribution in [2.24, 2.45) is 0 Å². The molecule has 0 saturated carbocycles. The zero-order valence-electron chi connectivity index (χ0n) is 23.9. The average molecular weight is 541 g/mol. The number of fused-ring (bicyclic) bond motifs is 2. The van der Waals surface area contributed by atoms with Gasteiger partial charge in [0.25, 0.3) is 0 Å². The summed E-state index contributed by atoms with van der Waals surface area (Å²) in [5.74, 6) is 0. The van der Waals surface area contributed by atoms with E-state index in [1.165, 1.54) is 32.7 Å². The molecule has 0 fully saturated rings. The number of rotatable bonds is 6. The Hall–Kier alpha value is -5.34. The first-order valence-electron chi connectivity index (χ1n) is 14.5. The van der Waals surface area contributed by atoms with Crippen LogP contribution in [0.2, 0.25) is 0 Å². The average Bonchev–Trinajstić information content (AvgIpc) is 3.06. The first-order chi connectivity index (χ1) is 20.7. The summed E-state index contributed by atoms with van der Waals surface area (Å²) in [5, 5.41) is 5.14. The van der Waals surface area contributed by atoms with Crippen LogP contribution >= 0.6 is 0 Å². The van der Waals surface area contributed by atoms with Gasteiger partial charge in [-0.25, -0.2) is 0 Å². The van der Waals surface area contributed by atoms with E-state index in [-0.39, 0.29) is 0 Å². The quantitative estimate of drug-likeness (QED) is 0.194. The van der Waals surface area contributed by atoms with Crippen molar-refractivity contribution in [3.05, 3.63) is 169 Å². The van der Waals surface area contributed by atoms with Crippen LogP contribution in [0, 0.1) is 13.8 Å². The molecule has 0 aromatic heterocycles. The summed E-state index contributed by atoms with van der Waals surface area (Å²) >= 11 is 0. The van der Waals surface area contributed by atoms with E-state index in [2.05, 4.69) is 181 Å². The molecule has 0 aliphatic rings. The number of anilines is 6. The largest absolute Gasteiger partial charge is 0.310 e. The van der Waals surface area contributed by atoms with Gasteiger partial charge in [0.05, 0.1) is 0 Å². The second kappa shape index (κ2) is 10.9. The number of hydrogen-bond donors (Lipinski definition) is 0. The molecule has 0 bridgehead atoms. The topological polar surface area (TPSA) is 6.48 Å². The second-order valence-corrected chi connectivity index (χ2v) is 10.7. The lowest BCUT2D eigenvalue weighted by molar-refractivity contribution is 1.28. The Bertz CT molecular complexity index is 1760. The first-order valence-corrected chi connectivity index (χ1v) is 14.5. The highest BCUT2D eigenvalue weighted by molar-refractivity contribution is 6.08. The molecule has 0 radical (unpaired) electrons. The van der Waals surface area contributed by atoms with Gasteiger partial charge in [-0.15, -0.1) is 0 Å². The van der Waals surface area contributed by atoms with Gasteiger partial charge in [-0.1, -0.05) is 84.9 Å². The van der Waals surface area contributed by atoms with E-state index in [1.807, 2.05) is 0 Å². The summed E-state index contributed by atoms with van der Waals surface area (Å²) < 4.78 is 0. The van der Waals surface area contributed by atoms with E-state index in [4.69, 9.17) is 0 Å². The van der Waals surface area contributed by atoms with Crippen LogP contribution in [0.3, 0.4) is 0 Å². The van der Waals surface area contributed by atoms with Crippen molar-refractivity contribution >= 4 is 55.7 Å². The number of benzene rings is 7. The summed E-state index contributed by atoms with van der Waals surface area (Å²) in [6, 6.07) is 56.2. The van der Waals surface area contributed by atoms with Crippen LogP contribution in [0.4, 0.5) is 34.1 Å². The number of nitrogens with zero attached hydrogens (tertiary/aromatic N) is 2. The lowest BCUT2D eigenvalue weighted by Gasteiger charge is -2.27. The number of para-hydroxylation sites is 4. The van der Waals surface area contributed by atoms with Gasteiger partial charge in [0.2, 0.25) is 0 Å². The van der Waals surface area contributed by atoms with Crippen molar-refractivity contribution < 1.29 is 0 Å². The lowest BCUT2D eigenvalue weighted by Crippen LogP contribution is -2.10. The summed E-state index contributed by atoms with van der Waals surface area (Å²) in [4.78, 5) is 4.67. The molecule has 42 heavy (non-hydrogen) atoms. The molecule has 0 N–H and O–H groups in total. The molecule has 0 aliphatic carbocycles. The predicted octanol–water partition coefficient (Wildman–Crippen LogP) is 11.5. The minimum Gasteiger partial charge on any atom is -0.310 e. The highest BCUT2D eigenvalue weighted by atomic mass is 15.1. The monoisotopic (exact) mass is 540 g/mol. The number of hydrogen-bond acceptors (Lipinski definition) is 2. The highest BCUT2D eigenvalue weighted by Crippen LogP contribution is 2.41. The maximum absolute atomic E-state index is 2.36. The molecule has 0 atom stereocenters. The molecular weight excluding hydrogens is 508 g/mol. The van der Waals surface area contributed by atoms with Crippen LogP contribution in [-0.4, -0.2) is 0 Å². The molecule has 0 heterocycles. The van der Waals surface area contributed by atoms with Crippen molar-refractivity contribution in [1.29, 1.82) is 0 Å². The Morgan fingerprint density at radius 3 is 0.881 bits per heavy atom. The van der Waals surface area contributed by atoms with E-state index in [1.54, 1.807) is 0 Å². The first kappa shape index (κ1) is 25.6. The molecule has 2 nitrogen and oxygen atoms in total. The summed E-state index contributed by atoms with van der Waals surface area (Å²) in [7, 11) is 0. The molecule has 0 saturated heterocycles. The standard InChI is InChI=1S/C40H32N2/c1-29-37-25-23-35(41(31-15-7-3-8-16-31)32-17-9-4-10-18-32)27-39(37)30(2)40-28-36(24-26-38(29)40)42(33-19-11-5-12-20-33)34-21-13-6-14-22-34/h3-28H,1-2H3. The fraction of sp³-hybridized carbons (Fsp3) is 0.0500. The van der Waals surface area contributed by atoms with E-state index in [0.29, 0.717) is 0 Å². The lowest BCUT2D eigenvalue weighted by atomic mass is 9.92. The molecule has 0 amide bonds. The van der Waals surface area contributed by atoms with Gasteiger partial charge in [-0.2, -0.15) is 0 Å². The summed E-state index contributed by atoms with van der Waals surface area (Å²) in [6.45, 7) is 4.52. The summed E-state index contributed by atoms with van der Waals surface area (Å²) in [5.41, 5.74) is 9.45. The van der Waals surface area contributed by atoms with E-state index >= 15 is 0 Å². The predicted molar refractivity (Wildman–Crippen MR) is 180 cm³/mol. The Morgan fingerprint density at radius 2 is 0.571 bits per heavy atom. The molecule has 0 unspecified atom stereocenters. The molecule has 0 spiro atoms. The molecule has 2 heteroatoms. The van der Waals surface area contributed by atoms with Gasteiger partial charge >= 0.3 is 0 Å². The molecule has 7 aromatic carbocycles. The normalized spacial score (nSPS) is 11.1. The maximum atomic E-state index is 2.36. The second-order valence-electron chi connectivity index (χ2n) is 10.7. The number of aryl methyl sites for hydroxylation is 2. The van der Waals surface area contributed by atoms with Crippen molar-refractivity contribution in [2.75, 3.05) is 9.80 Å². The van der Waals surface area contributed by atoms with Crippen molar-refractivity contribution in [1.82, 2.24) is 0 Å². The minimum atomic E-state index is 1.14. The van der Waals surface area contributed by atoms with Crippen LogP contribution in [0.5, 0.6) is 0 Å². The molecule has 0 aliphatic heterocycles. The Morgan fingerprint density at radius 1 is 0.286 bits per heavy atom. The van der Waals surface area contributed by atoms with Crippen LogP contribution in [0.15, 0.2) is 158 Å². The van der Waals surface area contributed by atoms with E-state index in [0.717, 1.165) is 34.1 Å². The van der Waals surface area contributed by atoms with E-state index < -0.39 is 0 Å².